The number of hydrogen-bond acceptors (Lipinski definition) is 6. The van der Waals surface area contributed by atoms with Crippen LogP contribution in [0.5, 0.6) is 11.5 Å². The standard InChI is InChI=1S/C21H24ClN5O3/c1-29-17-6-7-18(30-2)15(10-17)11-23-20(28)14-4-3-9-26(12-14)21-25-24-19-8-5-16(22)13-27(19)21/h5-8,10,13-14H,3-4,9,11-12H2,1-2H3,(H,23,28)/t14-/m0/s1. The molecule has 1 N–H and O–H groups in total. The summed E-state index contributed by atoms with van der Waals surface area (Å²) in [5, 5.41) is 12.2. The number of rotatable bonds is 6. The maximum atomic E-state index is 12.9. The molecule has 2 aromatic heterocycles. The Morgan fingerprint density at radius 3 is 2.90 bits per heavy atom. The molecule has 1 aliphatic rings. The Morgan fingerprint density at radius 1 is 1.23 bits per heavy atom. The van der Waals surface area contributed by atoms with Crippen molar-refractivity contribution in [3.8, 4) is 11.5 Å². The lowest BCUT2D eigenvalue weighted by Gasteiger charge is -2.32. The highest BCUT2D eigenvalue weighted by molar-refractivity contribution is 6.30. The van der Waals surface area contributed by atoms with Crippen molar-refractivity contribution in [3.05, 3.63) is 47.1 Å². The molecule has 3 heterocycles. The topological polar surface area (TPSA) is 81.0 Å². The van der Waals surface area contributed by atoms with Crippen LogP contribution < -0.4 is 19.7 Å². The molecule has 1 aliphatic heterocycles. The Labute approximate surface area is 179 Å². The zero-order chi connectivity index (χ0) is 21.1. The minimum absolute atomic E-state index is 0.0106. The van der Waals surface area contributed by atoms with Crippen LogP contribution in [0.1, 0.15) is 18.4 Å². The predicted molar refractivity (Wildman–Crippen MR) is 114 cm³/mol. The van der Waals surface area contributed by atoms with Crippen molar-refractivity contribution >= 4 is 29.1 Å². The van der Waals surface area contributed by atoms with Crippen LogP contribution in [-0.2, 0) is 11.3 Å². The van der Waals surface area contributed by atoms with Crippen LogP contribution >= 0.6 is 11.6 Å². The molecule has 30 heavy (non-hydrogen) atoms. The number of pyridine rings is 1. The highest BCUT2D eigenvalue weighted by Crippen LogP contribution is 2.26. The smallest absolute Gasteiger partial charge is 0.231 e. The normalized spacial score (nSPS) is 16.5. The van der Waals surface area contributed by atoms with Crippen molar-refractivity contribution in [2.45, 2.75) is 19.4 Å². The zero-order valence-electron chi connectivity index (χ0n) is 17.0. The van der Waals surface area contributed by atoms with E-state index < -0.39 is 0 Å². The van der Waals surface area contributed by atoms with E-state index in [9.17, 15) is 4.79 Å². The van der Waals surface area contributed by atoms with Gasteiger partial charge in [-0.3, -0.25) is 9.20 Å². The molecule has 3 aromatic rings. The lowest BCUT2D eigenvalue weighted by atomic mass is 9.97. The summed E-state index contributed by atoms with van der Waals surface area (Å²) in [4.78, 5) is 15.0. The van der Waals surface area contributed by atoms with Crippen molar-refractivity contribution in [1.29, 1.82) is 0 Å². The number of nitrogens with one attached hydrogen (secondary N) is 1. The summed E-state index contributed by atoms with van der Waals surface area (Å²) in [6.45, 7) is 1.77. The second-order valence-corrected chi connectivity index (χ2v) is 7.69. The molecule has 1 saturated heterocycles. The first-order valence-corrected chi connectivity index (χ1v) is 10.2. The van der Waals surface area contributed by atoms with Gasteiger partial charge in [0.25, 0.3) is 0 Å². The lowest BCUT2D eigenvalue weighted by Crippen LogP contribution is -2.43. The number of methoxy groups -OCH3 is 2. The Morgan fingerprint density at radius 2 is 2.10 bits per heavy atom. The van der Waals surface area contributed by atoms with Gasteiger partial charge in [-0.05, 0) is 43.2 Å². The SMILES string of the molecule is COc1ccc(OC)c(CNC(=O)[C@H]2CCCN(c3nnc4ccc(Cl)cn34)C2)c1. The Kier molecular flexibility index (Phi) is 5.94. The molecule has 8 nitrogen and oxygen atoms in total. The monoisotopic (exact) mass is 429 g/mol. The first-order valence-electron chi connectivity index (χ1n) is 9.83. The van der Waals surface area contributed by atoms with E-state index in [1.54, 1.807) is 26.5 Å². The fourth-order valence-electron chi connectivity index (χ4n) is 3.79. The van der Waals surface area contributed by atoms with E-state index in [2.05, 4.69) is 20.4 Å². The number of piperidine rings is 1. The van der Waals surface area contributed by atoms with Gasteiger partial charge in [-0.25, -0.2) is 0 Å². The largest absolute Gasteiger partial charge is 0.497 e. The number of carbonyl (C=O) groups excluding carboxylic acids is 1. The molecule has 1 aromatic carbocycles. The van der Waals surface area contributed by atoms with E-state index in [1.807, 2.05) is 28.7 Å². The van der Waals surface area contributed by atoms with E-state index in [0.29, 0.717) is 29.8 Å². The van der Waals surface area contributed by atoms with Crippen molar-refractivity contribution in [1.82, 2.24) is 19.9 Å². The van der Waals surface area contributed by atoms with E-state index >= 15 is 0 Å². The van der Waals surface area contributed by atoms with E-state index in [4.69, 9.17) is 21.1 Å². The summed E-state index contributed by atoms with van der Waals surface area (Å²) in [7, 11) is 3.23. The Bertz CT molecular complexity index is 1050. The van der Waals surface area contributed by atoms with E-state index in [0.717, 1.165) is 36.3 Å². The quantitative estimate of drug-likeness (QED) is 0.648. The highest BCUT2D eigenvalue weighted by atomic mass is 35.5. The number of carbonyl (C=O) groups is 1. The molecule has 1 amide bonds. The highest BCUT2D eigenvalue weighted by Gasteiger charge is 2.28. The zero-order valence-corrected chi connectivity index (χ0v) is 17.7. The predicted octanol–water partition coefficient (Wildman–Crippen LogP) is 2.93. The number of aromatic nitrogens is 3. The van der Waals surface area contributed by atoms with E-state index in [-0.39, 0.29) is 11.8 Å². The van der Waals surface area contributed by atoms with Gasteiger partial charge in [0.2, 0.25) is 11.9 Å². The second-order valence-electron chi connectivity index (χ2n) is 7.26. The molecule has 158 valence electrons. The minimum atomic E-state index is -0.137. The van der Waals surface area contributed by atoms with Crippen LogP contribution in [0.3, 0.4) is 0 Å². The minimum Gasteiger partial charge on any atom is -0.497 e. The summed E-state index contributed by atoms with van der Waals surface area (Å²) in [6, 6.07) is 9.16. The summed E-state index contributed by atoms with van der Waals surface area (Å²) in [5.41, 5.74) is 1.60. The fraction of sp³-hybridized carbons (Fsp3) is 0.381. The number of halogens is 1. The van der Waals surface area contributed by atoms with Gasteiger partial charge in [-0.2, -0.15) is 0 Å². The molecule has 0 saturated carbocycles. The fourth-order valence-corrected chi connectivity index (χ4v) is 3.95. The summed E-state index contributed by atoms with van der Waals surface area (Å²) in [5.74, 6) is 2.02. The first-order chi connectivity index (χ1) is 14.6. The molecule has 9 heteroatoms. The van der Waals surface area contributed by atoms with Gasteiger partial charge >= 0.3 is 0 Å². The third kappa shape index (κ3) is 4.14. The van der Waals surface area contributed by atoms with Gasteiger partial charge in [0.05, 0.1) is 25.2 Å². The number of hydrogen-bond donors (Lipinski definition) is 1. The average Bonchev–Trinajstić information content (AvgIpc) is 3.20. The molecule has 0 unspecified atom stereocenters. The molecular formula is C21H24ClN5O3. The van der Waals surface area contributed by atoms with Crippen molar-refractivity contribution < 1.29 is 14.3 Å². The van der Waals surface area contributed by atoms with Gasteiger partial charge in [0.15, 0.2) is 5.65 Å². The molecule has 0 aliphatic carbocycles. The van der Waals surface area contributed by atoms with Crippen LogP contribution in [-0.4, -0.2) is 47.8 Å². The van der Waals surface area contributed by atoms with Crippen molar-refractivity contribution in [3.63, 3.8) is 0 Å². The molecular weight excluding hydrogens is 406 g/mol. The molecule has 1 fully saturated rings. The van der Waals surface area contributed by atoms with Crippen LogP contribution in [0, 0.1) is 5.92 Å². The summed E-state index contributed by atoms with van der Waals surface area (Å²) in [6.07, 6.45) is 3.52. The third-order valence-corrected chi connectivity index (χ3v) is 5.59. The van der Waals surface area contributed by atoms with Gasteiger partial charge in [-0.1, -0.05) is 11.6 Å². The summed E-state index contributed by atoms with van der Waals surface area (Å²) >= 11 is 6.13. The van der Waals surface area contributed by atoms with Gasteiger partial charge in [0.1, 0.15) is 11.5 Å². The second kappa shape index (κ2) is 8.79. The van der Waals surface area contributed by atoms with Crippen molar-refractivity contribution in [2.75, 3.05) is 32.2 Å². The number of nitrogens with zero attached hydrogens (tertiary/aromatic N) is 4. The van der Waals surface area contributed by atoms with Crippen LogP contribution in [0.4, 0.5) is 5.95 Å². The number of ether oxygens (including phenoxy) is 2. The van der Waals surface area contributed by atoms with E-state index in [1.165, 1.54) is 0 Å². The maximum Gasteiger partial charge on any atom is 0.231 e. The lowest BCUT2D eigenvalue weighted by molar-refractivity contribution is -0.125. The number of amides is 1. The van der Waals surface area contributed by atoms with Gasteiger partial charge in [0, 0.05) is 31.4 Å². The average molecular weight is 430 g/mol. The molecule has 0 spiro atoms. The molecule has 0 bridgehead atoms. The number of benzene rings is 1. The van der Waals surface area contributed by atoms with Crippen LogP contribution in [0.25, 0.3) is 5.65 Å². The van der Waals surface area contributed by atoms with Crippen LogP contribution in [0.15, 0.2) is 36.5 Å². The number of fused-ring (bicyclic) bond motifs is 1. The molecule has 4 rings (SSSR count). The van der Waals surface area contributed by atoms with Gasteiger partial charge in [-0.15, -0.1) is 10.2 Å². The summed E-state index contributed by atoms with van der Waals surface area (Å²) < 4.78 is 12.5. The maximum absolute atomic E-state index is 12.9. The van der Waals surface area contributed by atoms with Crippen molar-refractivity contribution in [2.24, 2.45) is 5.92 Å². The third-order valence-electron chi connectivity index (χ3n) is 5.36. The molecule has 0 radical (unpaired) electrons. The van der Waals surface area contributed by atoms with Gasteiger partial charge < -0.3 is 19.7 Å². The van der Waals surface area contributed by atoms with Crippen LogP contribution in [0.2, 0.25) is 5.02 Å². The Balaban J connectivity index is 1.44. The Hall–Kier alpha value is -3.00. The first kappa shape index (κ1) is 20.3. The number of anilines is 1. The molecule has 1 atom stereocenters.